The fourth-order valence-corrected chi connectivity index (χ4v) is 3.36. The zero-order valence-electron chi connectivity index (χ0n) is 14.9. The summed E-state index contributed by atoms with van der Waals surface area (Å²) in [6, 6.07) is 0. The van der Waals surface area contributed by atoms with Gasteiger partial charge in [0.2, 0.25) is 17.7 Å². The molecule has 0 aromatic rings. The normalized spacial score (nSPS) is 22.0. The number of fused-ring (bicyclic) bond motifs is 1. The maximum Gasteiger partial charge on any atom is 0.308 e. The van der Waals surface area contributed by atoms with Crippen LogP contribution in [0.3, 0.4) is 0 Å². The Hall–Kier alpha value is -2.45. The Bertz CT molecular complexity index is 567. The Morgan fingerprint density at radius 3 is 2.23 bits per heavy atom. The molecule has 144 valence electrons. The molecule has 9 heteroatoms. The number of hydrogen-bond acceptors (Lipinski definition) is 6. The van der Waals surface area contributed by atoms with Gasteiger partial charge < -0.3 is 15.4 Å². The fraction of sp³-hybridized carbons (Fsp3) is 0.706. The Kier molecular flexibility index (Phi) is 7.11. The molecular formula is C17H25N3O6. The van der Waals surface area contributed by atoms with Crippen molar-refractivity contribution in [2.45, 2.75) is 39.0 Å². The van der Waals surface area contributed by atoms with E-state index in [2.05, 4.69) is 10.6 Å². The van der Waals surface area contributed by atoms with Gasteiger partial charge in [-0.15, -0.1) is 0 Å². The molecule has 26 heavy (non-hydrogen) atoms. The fourth-order valence-electron chi connectivity index (χ4n) is 3.36. The van der Waals surface area contributed by atoms with Gasteiger partial charge in [0, 0.05) is 13.1 Å². The van der Waals surface area contributed by atoms with Crippen molar-refractivity contribution < 1.29 is 28.7 Å². The van der Waals surface area contributed by atoms with E-state index in [-0.39, 0.29) is 49.1 Å². The van der Waals surface area contributed by atoms with Gasteiger partial charge in [0.25, 0.3) is 5.91 Å². The van der Waals surface area contributed by atoms with E-state index < -0.39 is 18.5 Å². The smallest absolute Gasteiger partial charge is 0.308 e. The number of likely N-dealkylation sites (tertiary alicyclic amines) is 1. The minimum atomic E-state index is -0.673. The van der Waals surface area contributed by atoms with Crippen LogP contribution in [-0.4, -0.2) is 60.7 Å². The van der Waals surface area contributed by atoms with Crippen molar-refractivity contribution in [2.75, 3.05) is 26.2 Å². The van der Waals surface area contributed by atoms with Crippen LogP contribution in [0, 0.1) is 11.8 Å². The summed E-state index contributed by atoms with van der Waals surface area (Å²) in [6.45, 7) is 1.49. The Balaban J connectivity index is 1.68. The van der Waals surface area contributed by atoms with Gasteiger partial charge in [0.1, 0.15) is 0 Å². The third-order valence-electron chi connectivity index (χ3n) is 4.66. The average Bonchev–Trinajstić information content (AvgIpc) is 2.88. The molecule has 0 radical (unpaired) electrons. The van der Waals surface area contributed by atoms with Gasteiger partial charge in [0.05, 0.1) is 24.8 Å². The summed E-state index contributed by atoms with van der Waals surface area (Å²) in [5.41, 5.74) is 0. The summed E-state index contributed by atoms with van der Waals surface area (Å²) < 4.78 is 4.81. The Morgan fingerprint density at radius 1 is 1.04 bits per heavy atom. The number of likely N-dealkylation sites (N-methyl/N-ethyl adjacent to an activating group) is 1. The number of nitrogens with zero attached hydrogens (tertiary/aromatic N) is 1. The first-order valence-electron chi connectivity index (χ1n) is 8.98. The molecule has 1 aliphatic heterocycles. The number of esters is 1. The summed E-state index contributed by atoms with van der Waals surface area (Å²) in [7, 11) is 0. The van der Waals surface area contributed by atoms with Crippen LogP contribution in [0.4, 0.5) is 0 Å². The maximum atomic E-state index is 12.3. The van der Waals surface area contributed by atoms with Crippen molar-refractivity contribution in [1.29, 1.82) is 0 Å². The Labute approximate surface area is 151 Å². The maximum absolute atomic E-state index is 12.3. The molecule has 2 aliphatic rings. The largest absolute Gasteiger partial charge is 0.456 e. The molecule has 1 heterocycles. The van der Waals surface area contributed by atoms with Crippen molar-refractivity contribution in [3.8, 4) is 0 Å². The van der Waals surface area contributed by atoms with E-state index in [1.807, 2.05) is 0 Å². The van der Waals surface area contributed by atoms with Gasteiger partial charge in [-0.05, 0) is 19.8 Å². The quantitative estimate of drug-likeness (QED) is 0.434. The number of nitrogens with one attached hydrogen (secondary N) is 2. The minimum Gasteiger partial charge on any atom is -0.456 e. The molecule has 0 bridgehead atoms. The summed E-state index contributed by atoms with van der Waals surface area (Å²) >= 11 is 0. The highest BCUT2D eigenvalue weighted by atomic mass is 16.5. The molecule has 2 rings (SSSR count). The minimum absolute atomic E-state index is 0.0238. The molecule has 0 aromatic carbocycles. The highest BCUT2D eigenvalue weighted by Gasteiger charge is 2.47. The second-order valence-corrected chi connectivity index (χ2v) is 6.47. The molecular weight excluding hydrogens is 342 g/mol. The first-order valence-corrected chi connectivity index (χ1v) is 8.98. The highest BCUT2D eigenvalue weighted by Crippen LogP contribution is 2.37. The number of carbonyl (C=O) groups excluding carboxylic acids is 5. The van der Waals surface area contributed by atoms with Gasteiger partial charge in [-0.2, -0.15) is 0 Å². The van der Waals surface area contributed by atoms with Gasteiger partial charge in [-0.1, -0.05) is 12.8 Å². The monoisotopic (exact) mass is 367 g/mol. The van der Waals surface area contributed by atoms with Gasteiger partial charge >= 0.3 is 5.97 Å². The van der Waals surface area contributed by atoms with Crippen molar-refractivity contribution in [1.82, 2.24) is 15.5 Å². The van der Waals surface area contributed by atoms with E-state index in [0.717, 1.165) is 30.6 Å². The molecule has 0 spiro atoms. The van der Waals surface area contributed by atoms with E-state index in [1.165, 1.54) is 0 Å². The van der Waals surface area contributed by atoms with Crippen LogP contribution in [-0.2, 0) is 28.7 Å². The molecule has 1 aliphatic carbocycles. The predicted octanol–water partition coefficient (Wildman–Crippen LogP) is -0.653. The lowest BCUT2D eigenvalue weighted by Crippen LogP contribution is -2.38. The van der Waals surface area contributed by atoms with E-state index in [4.69, 9.17) is 4.74 Å². The molecule has 1 saturated carbocycles. The van der Waals surface area contributed by atoms with E-state index >= 15 is 0 Å². The number of imide groups is 1. The summed E-state index contributed by atoms with van der Waals surface area (Å²) in [4.78, 5) is 60.2. The Morgan fingerprint density at radius 2 is 1.65 bits per heavy atom. The summed E-state index contributed by atoms with van der Waals surface area (Å²) in [5.74, 6) is -2.49. The van der Waals surface area contributed by atoms with E-state index in [9.17, 15) is 24.0 Å². The molecule has 2 fully saturated rings. The van der Waals surface area contributed by atoms with E-state index in [0.29, 0.717) is 6.54 Å². The van der Waals surface area contributed by atoms with Crippen LogP contribution in [0.25, 0.3) is 0 Å². The van der Waals surface area contributed by atoms with Crippen LogP contribution in [0.1, 0.15) is 39.0 Å². The summed E-state index contributed by atoms with van der Waals surface area (Å²) in [6.07, 6.45) is 3.19. The first kappa shape index (κ1) is 19.9. The van der Waals surface area contributed by atoms with Crippen LogP contribution >= 0.6 is 0 Å². The molecule has 2 atom stereocenters. The second kappa shape index (κ2) is 9.30. The molecule has 2 N–H and O–H groups in total. The van der Waals surface area contributed by atoms with Crippen molar-refractivity contribution >= 4 is 29.6 Å². The standard InChI is InChI=1S/C17H25N3O6/c1-2-18-13(21)9-19-14(22)10-26-15(23)7-8-20-16(24)11-5-3-4-6-12(11)17(20)25/h11-12H,2-10H2,1H3,(H,18,21)(H,19,22)/t11-,12-/m0/s1. The van der Waals surface area contributed by atoms with Crippen molar-refractivity contribution in [3.05, 3.63) is 0 Å². The molecule has 0 aromatic heterocycles. The molecule has 4 amide bonds. The zero-order valence-corrected chi connectivity index (χ0v) is 14.9. The van der Waals surface area contributed by atoms with Crippen molar-refractivity contribution in [2.24, 2.45) is 11.8 Å². The SMILES string of the molecule is CCNC(=O)CNC(=O)COC(=O)CCN1C(=O)[C@H]2CCCC[C@@H]2C1=O. The van der Waals surface area contributed by atoms with Gasteiger partial charge in [-0.3, -0.25) is 28.9 Å². The van der Waals surface area contributed by atoms with Crippen LogP contribution in [0.5, 0.6) is 0 Å². The lowest BCUT2D eigenvalue weighted by atomic mass is 9.81. The molecule has 9 nitrogen and oxygen atoms in total. The van der Waals surface area contributed by atoms with Crippen LogP contribution in [0.2, 0.25) is 0 Å². The molecule has 0 unspecified atom stereocenters. The van der Waals surface area contributed by atoms with Crippen LogP contribution in [0.15, 0.2) is 0 Å². The van der Waals surface area contributed by atoms with Crippen LogP contribution < -0.4 is 10.6 Å². The summed E-state index contributed by atoms with van der Waals surface area (Å²) in [5, 5.41) is 4.84. The highest BCUT2D eigenvalue weighted by molar-refractivity contribution is 6.05. The first-order chi connectivity index (χ1) is 12.4. The number of ether oxygens (including phenoxy) is 1. The second-order valence-electron chi connectivity index (χ2n) is 6.47. The van der Waals surface area contributed by atoms with Crippen molar-refractivity contribution in [3.63, 3.8) is 0 Å². The third-order valence-corrected chi connectivity index (χ3v) is 4.66. The lowest BCUT2D eigenvalue weighted by molar-refractivity contribution is -0.149. The zero-order chi connectivity index (χ0) is 19.1. The number of hydrogen-bond donors (Lipinski definition) is 2. The predicted molar refractivity (Wildman–Crippen MR) is 89.4 cm³/mol. The topological polar surface area (TPSA) is 122 Å². The average molecular weight is 367 g/mol. The number of amides is 4. The lowest BCUT2D eigenvalue weighted by Gasteiger charge is -2.19. The van der Waals surface area contributed by atoms with Gasteiger partial charge in [0.15, 0.2) is 6.61 Å². The molecule has 1 saturated heterocycles. The third kappa shape index (κ3) is 5.03. The van der Waals surface area contributed by atoms with E-state index in [1.54, 1.807) is 6.92 Å². The number of rotatable bonds is 8. The van der Waals surface area contributed by atoms with Gasteiger partial charge in [-0.25, -0.2) is 0 Å². The number of carbonyl (C=O) groups is 5.